The molecule has 3 atom stereocenters. The summed E-state index contributed by atoms with van der Waals surface area (Å²) in [5.74, 6) is 0.749. The van der Waals surface area contributed by atoms with E-state index in [9.17, 15) is 15.2 Å². The number of aromatic hydroxyl groups is 1. The van der Waals surface area contributed by atoms with Gasteiger partial charge in [0.05, 0.1) is 16.7 Å². The van der Waals surface area contributed by atoms with Crippen LogP contribution in [-0.4, -0.2) is 10.0 Å². The normalized spacial score (nSPS) is 24.1. The van der Waals surface area contributed by atoms with Gasteiger partial charge in [0.25, 0.3) is 5.69 Å². The second kappa shape index (κ2) is 5.63. The molecule has 4 rings (SSSR count). The van der Waals surface area contributed by atoms with Crippen LogP contribution in [0.15, 0.2) is 53.0 Å². The van der Waals surface area contributed by atoms with E-state index >= 15 is 0 Å². The predicted molar refractivity (Wildman–Crippen MR) is 95.3 cm³/mol. The molecule has 6 heteroatoms. The second-order valence-corrected chi connectivity index (χ2v) is 7.03. The number of nitrogens with zero attached hydrogens (tertiary/aromatic N) is 1. The third-order valence-corrected chi connectivity index (χ3v) is 5.60. The molecule has 2 aromatic carbocycles. The third kappa shape index (κ3) is 2.29. The average molecular weight is 387 g/mol. The average Bonchev–Trinajstić information content (AvgIpc) is 3.07. The number of nitrogens with one attached hydrogen (secondary N) is 1. The van der Waals surface area contributed by atoms with Gasteiger partial charge in [0, 0.05) is 28.1 Å². The first-order valence-electron chi connectivity index (χ1n) is 7.75. The van der Waals surface area contributed by atoms with Crippen molar-refractivity contribution in [1.29, 1.82) is 0 Å². The van der Waals surface area contributed by atoms with Crippen molar-refractivity contribution in [2.75, 3.05) is 5.32 Å². The largest absolute Gasteiger partial charge is 0.506 e. The zero-order chi connectivity index (χ0) is 16.8. The van der Waals surface area contributed by atoms with Gasteiger partial charge in [-0.25, -0.2) is 0 Å². The lowest BCUT2D eigenvalue weighted by atomic mass is 9.77. The van der Waals surface area contributed by atoms with Crippen molar-refractivity contribution in [2.24, 2.45) is 5.92 Å². The summed E-state index contributed by atoms with van der Waals surface area (Å²) in [5.41, 5.74) is 2.89. The number of nitro groups is 1. The molecule has 0 unspecified atom stereocenters. The zero-order valence-electron chi connectivity index (χ0n) is 12.6. The first kappa shape index (κ1) is 15.2. The van der Waals surface area contributed by atoms with Crippen molar-refractivity contribution < 1.29 is 10.0 Å². The number of benzene rings is 2. The molecule has 0 saturated heterocycles. The van der Waals surface area contributed by atoms with E-state index in [0.717, 1.165) is 27.7 Å². The Morgan fingerprint density at radius 3 is 2.67 bits per heavy atom. The standard InChI is InChI=1S/C18H15BrN2O3/c19-14-8-9-15(22)18-16(14)12-2-1-3-13(12)17(20-18)10-4-6-11(7-5-10)21(23)24/h1-2,4-9,12-13,17,20,22H,3H2/t12-,13-,17-/m1/s1. The molecule has 0 aromatic heterocycles. The van der Waals surface area contributed by atoms with Gasteiger partial charge in [0.1, 0.15) is 5.75 Å². The van der Waals surface area contributed by atoms with Gasteiger partial charge in [-0.1, -0.05) is 40.2 Å². The SMILES string of the molecule is O=[N+]([O-])c1ccc([C@H]2Nc3c(O)ccc(Br)c3[C@@H]3C=CC[C@@H]23)cc1. The molecule has 0 spiro atoms. The van der Waals surface area contributed by atoms with E-state index in [1.807, 2.05) is 6.07 Å². The lowest BCUT2D eigenvalue weighted by Gasteiger charge is -2.38. The van der Waals surface area contributed by atoms with Crippen LogP contribution in [0.1, 0.15) is 29.5 Å². The topological polar surface area (TPSA) is 75.4 Å². The molecule has 24 heavy (non-hydrogen) atoms. The van der Waals surface area contributed by atoms with Gasteiger partial charge in [-0.2, -0.15) is 0 Å². The molecular weight excluding hydrogens is 372 g/mol. The molecule has 1 aliphatic carbocycles. The second-order valence-electron chi connectivity index (χ2n) is 6.18. The molecule has 0 amide bonds. The van der Waals surface area contributed by atoms with Crippen LogP contribution in [0.3, 0.4) is 0 Å². The number of hydrogen-bond donors (Lipinski definition) is 2. The van der Waals surface area contributed by atoms with Crippen LogP contribution >= 0.6 is 15.9 Å². The van der Waals surface area contributed by atoms with Crippen molar-refractivity contribution >= 4 is 27.3 Å². The number of phenols is 1. The monoisotopic (exact) mass is 386 g/mol. The molecule has 0 saturated carbocycles. The summed E-state index contributed by atoms with van der Waals surface area (Å²) < 4.78 is 0.978. The summed E-state index contributed by atoms with van der Waals surface area (Å²) in [6.07, 6.45) is 5.29. The Kier molecular flexibility index (Phi) is 3.57. The Balaban J connectivity index is 1.78. The maximum absolute atomic E-state index is 10.9. The van der Waals surface area contributed by atoms with Crippen molar-refractivity contribution in [2.45, 2.75) is 18.4 Å². The van der Waals surface area contributed by atoms with Crippen molar-refractivity contribution in [1.82, 2.24) is 0 Å². The maximum Gasteiger partial charge on any atom is 0.269 e. The summed E-state index contributed by atoms with van der Waals surface area (Å²) in [4.78, 5) is 10.5. The third-order valence-electron chi connectivity index (χ3n) is 4.91. The van der Waals surface area contributed by atoms with Crippen LogP contribution in [0.5, 0.6) is 5.75 Å². The Bertz CT molecular complexity index is 848. The molecule has 1 heterocycles. The van der Waals surface area contributed by atoms with Crippen LogP contribution in [0, 0.1) is 16.0 Å². The summed E-state index contributed by atoms with van der Waals surface area (Å²) in [6, 6.07) is 10.2. The molecule has 122 valence electrons. The fourth-order valence-electron chi connectivity index (χ4n) is 3.78. The highest BCUT2D eigenvalue weighted by atomic mass is 79.9. The Labute approximate surface area is 147 Å². The molecular formula is C18H15BrN2O3. The summed E-state index contributed by atoms with van der Waals surface area (Å²) in [6.45, 7) is 0. The van der Waals surface area contributed by atoms with E-state index in [2.05, 4.69) is 33.4 Å². The summed E-state index contributed by atoms with van der Waals surface area (Å²) >= 11 is 3.59. The summed E-state index contributed by atoms with van der Waals surface area (Å²) in [5, 5.41) is 24.6. The number of fused-ring (bicyclic) bond motifs is 3. The Morgan fingerprint density at radius 2 is 1.96 bits per heavy atom. The van der Waals surface area contributed by atoms with Gasteiger partial charge in [-0.3, -0.25) is 10.1 Å². The van der Waals surface area contributed by atoms with Crippen LogP contribution in [0.4, 0.5) is 11.4 Å². The molecule has 0 bridgehead atoms. The minimum Gasteiger partial charge on any atom is -0.506 e. The smallest absolute Gasteiger partial charge is 0.269 e. The van der Waals surface area contributed by atoms with Crippen LogP contribution in [0.25, 0.3) is 0 Å². The highest BCUT2D eigenvalue weighted by Gasteiger charge is 2.40. The number of phenolic OH excluding ortho intramolecular Hbond substituents is 1. The van der Waals surface area contributed by atoms with Crippen molar-refractivity contribution in [3.05, 3.63) is 74.3 Å². The van der Waals surface area contributed by atoms with Crippen molar-refractivity contribution in [3.63, 3.8) is 0 Å². The lowest BCUT2D eigenvalue weighted by molar-refractivity contribution is -0.384. The fourth-order valence-corrected chi connectivity index (χ4v) is 4.38. The van der Waals surface area contributed by atoms with Crippen LogP contribution < -0.4 is 5.32 Å². The van der Waals surface area contributed by atoms with E-state index in [-0.39, 0.29) is 23.4 Å². The quantitative estimate of drug-likeness (QED) is 0.333. The van der Waals surface area contributed by atoms with E-state index in [1.54, 1.807) is 18.2 Å². The predicted octanol–water partition coefficient (Wildman–Crippen LogP) is 4.89. The van der Waals surface area contributed by atoms with E-state index in [4.69, 9.17) is 0 Å². The molecule has 0 fully saturated rings. The Hall–Kier alpha value is -2.34. The minimum atomic E-state index is -0.393. The highest BCUT2D eigenvalue weighted by molar-refractivity contribution is 9.10. The molecule has 2 aromatic rings. The van der Waals surface area contributed by atoms with Gasteiger partial charge >= 0.3 is 0 Å². The fraction of sp³-hybridized carbons (Fsp3) is 0.222. The number of halogens is 1. The van der Waals surface area contributed by atoms with Gasteiger partial charge in [-0.05, 0) is 30.0 Å². The van der Waals surface area contributed by atoms with Gasteiger partial charge in [-0.15, -0.1) is 0 Å². The number of non-ortho nitro benzene ring substituents is 1. The van der Waals surface area contributed by atoms with Crippen LogP contribution in [0.2, 0.25) is 0 Å². The van der Waals surface area contributed by atoms with Gasteiger partial charge in [0.15, 0.2) is 0 Å². The zero-order valence-corrected chi connectivity index (χ0v) is 14.2. The molecule has 0 radical (unpaired) electrons. The highest BCUT2D eigenvalue weighted by Crippen LogP contribution is 2.54. The molecule has 1 aliphatic heterocycles. The van der Waals surface area contributed by atoms with E-state index in [0.29, 0.717) is 5.92 Å². The van der Waals surface area contributed by atoms with Crippen LogP contribution in [-0.2, 0) is 0 Å². The molecule has 2 N–H and O–H groups in total. The maximum atomic E-state index is 10.9. The van der Waals surface area contributed by atoms with Gasteiger partial charge in [0.2, 0.25) is 0 Å². The number of nitro benzene ring substituents is 1. The van der Waals surface area contributed by atoms with E-state index in [1.165, 1.54) is 12.1 Å². The number of allylic oxidation sites excluding steroid dienone is 2. The Morgan fingerprint density at radius 1 is 1.21 bits per heavy atom. The number of rotatable bonds is 2. The number of hydrogen-bond acceptors (Lipinski definition) is 4. The molecule has 5 nitrogen and oxygen atoms in total. The molecule has 2 aliphatic rings. The minimum absolute atomic E-state index is 0.00139. The number of anilines is 1. The first-order chi connectivity index (χ1) is 11.6. The van der Waals surface area contributed by atoms with Gasteiger partial charge < -0.3 is 10.4 Å². The summed E-state index contributed by atoms with van der Waals surface area (Å²) in [7, 11) is 0. The van der Waals surface area contributed by atoms with Crippen molar-refractivity contribution in [3.8, 4) is 5.75 Å². The van der Waals surface area contributed by atoms with E-state index < -0.39 is 4.92 Å². The first-order valence-corrected chi connectivity index (χ1v) is 8.54. The lowest BCUT2D eigenvalue weighted by Crippen LogP contribution is -2.29.